The molecule has 0 aliphatic carbocycles. The molecule has 0 spiro atoms. The molecule has 0 unspecified atom stereocenters. The van der Waals surface area contributed by atoms with Gasteiger partial charge >= 0.3 is 0 Å². The molecule has 2 aliphatic heterocycles. The Morgan fingerprint density at radius 3 is 3.14 bits per heavy atom. The first-order chi connectivity index (χ1) is 6.93. The highest BCUT2D eigenvalue weighted by molar-refractivity contribution is 5.57. The Kier molecular flexibility index (Phi) is 1.82. The van der Waals surface area contributed by atoms with Crippen LogP contribution in [0.4, 0.5) is 0 Å². The van der Waals surface area contributed by atoms with Gasteiger partial charge in [0, 0.05) is 12.2 Å². The van der Waals surface area contributed by atoms with Crippen LogP contribution in [0.1, 0.15) is 30.7 Å². The molecule has 3 heteroatoms. The Bertz CT molecular complexity index is 357. The molecular weight excluding hydrogens is 176 g/mol. The molecule has 3 rings (SSSR count). The smallest absolute Gasteiger partial charge is 0.142 e. The fourth-order valence-corrected chi connectivity index (χ4v) is 2.12. The van der Waals surface area contributed by atoms with Crippen molar-refractivity contribution in [3.63, 3.8) is 0 Å². The van der Waals surface area contributed by atoms with Gasteiger partial charge in [0.2, 0.25) is 0 Å². The Balaban J connectivity index is 1.92. The van der Waals surface area contributed by atoms with Crippen molar-refractivity contribution in [1.29, 1.82) is 0 Å². The van der Waals surface area contributed by atoms with Crippen LogP contribution in [0.2, 0.25) is 0 Å². The van der Waals surface area contributed by atoms with Crippen LogP contribution in [-0.2, 0) is 17.7 Å². The van der Waals surface area contributed by atoms with Crippen LogP contribution in [0.5, 0.6) is 0 Å². The summed E-state index contributed by atoms with van der Waals surface area (Å²) in [4.78, 5) is 0. The minimum atomic E-state index is 0.841. The molecule has 0 aromatic carbocycles. The summed E-state index contributed by atoms with van der Waals surface area (Å²) < 4.78 is 7.69. The molecule has 0 radical (unpaired) electrons. The highest BCUT2D eigenvalue weighted by Crippen LogP contribution is 2.23. The summed E-state index contributed by atoms with van der Waals surface area (Å²) in [6.07, 6.45) is 6.82. The Hall–Kier alpha value is -1.25. The molecular formula is C11H14N2O. The van der Waals surface area contributed by atoms with E-state index in [2.05, 4.69) is 21.9 Å². The van der Waals surface area contributed by atoms with Gasteiger partial charge in [-0.2, -0.15) is 5.10 Å². The lowest BCUT2D eigenvalue weighted by Crippen LogP contribution is -2.02. The lowest BCUT2D eigenvalue weighted by Gasteiger charge is -2.12. The van der Waals surface area contributed by atoms with Crippen molar-refractivity contribution in [1.82, 2.24) is 9.78 Å². The molecule has 2 aliphatic rings. The van der Waals surface area contributed by atoms with Crippen molar-refractivity contribution in [2.24, 2.45) is 0 Å². The molecule has 1 aromatic heterocycles. The maximum Gasteiger partial charge on any atom is 0.142 e. The van der Waals surface area contributed by atoms with Gasteiger partial charge in [-0.05, 0) is 37.8 Å². The zero-order valence-electron chi connectivity index (χ0n) is 8.20. The van der Waals surface area contributed by atoms with E-state index in [1.54, 1.807) is 0 Å². The first-order valence-corrected chi connectivity index (χ1v) is 5.33. The average molecular weight is 190 g/mol. The van der Waals surface area contributed by atoms with E-state index in [-0.39, 0.29) is 0 Å². The summed E-state index contributed by atoms with van der Waals surface area (Å²) in [7, 11) is 0. The number of rotatable bonds is 1. The monoisotopic (exact) mass is 190 g/mol. The van der Waals surface area contributed by atoms with Crippen LogP contribution >= 0.6 is 0 Å². The zero-order chi connectivity index (χ0) is 9.38. The normalized spacial score (nSPS) is 20.1. The van der Waals surface area contributed by atoms with Crippen molar-refractivity contribution in [2.45, 2.75) is 32.2 Å². The van der Waals surface area contributed by atoms with E-state index in [0.29, 0.717) is 0 Å². The van der Waals surface area contributed by atoms with E-state index >= 15 is 0 Å². The third kappa shape index (κ3) is 1.24. The highest BCUT2D eigenvalue weighted by atomic mass is 16.5. The fourth-order valence-electron chi connectivity index (χ4n) is 2.12. The second-order valence-electron chi connectivity index (χ2n) is 3.91. The minimum absolute atomic E-state index is 0.841. The third-order valence-corrected chi connectivity index (χ3v) is 2.85. The molecule has 0 saturated heterocycles. The number of aromatic nitrogens is 2. The first-order valence-electron chi connectivity index (χ1n) is 5.33. The first kappa shape index (κ1) is 8.09. The fraction of sp³-hybridized carbons (Fsp3) is 0.545. The molecule has 0 bridgehead atoms. The van der Waals surface area contributed by atoms with Crippen LogP contribution in [0, 0.1) is 0 Å². The van der Waals surface area contributed by atoms with Gasteiger partial charge in [0.25, 0.3) is 0 Å². The highest BCUT2D eigenvalue weighted by Gasteiger charge is 2.17. The number of hydrogen-bond acceptors (Lipinski definition) is 2. The summed E-state index contributed by atoms with van der Waals surface area (Å²) in [5.41, 5.74) is 2.38. The number of aryl methyl sites for hydroxylation is 2. The van der Waals surface area contributed by atoms with E-state index in [4.69, 9.17) is 4.74 Å². The largest absolute Gasteiger partial charge is 0.492 e. The number of fused-ring (bicyclic) bond motifs is 1. The quantitative estimate of drug-likeness (QED) is 0.677. The topological polar surface area (TPSA) is 27.1 Å². The molecule has 14 heavy (non-hydrogen) atoms. The molecule has 0 fully saturated rings. The zero-order valence-corrected chi connectivity index (χ0v) is 8.20. The minimum Gasteiger partial charge on any atom is -0.492 e. The molecule has 0 saturated carbocycles. The van der Waals surface area contributed by atoms with E-state index < -0.39 is 0 Å². The number of ether oxygens (including phenoxy) is 1. The SMILES string of the molecule is C1=C(c2cc3n(n2)CCC3)OCCC1. The molecule has 0 N–H and O–H groups in total. The van der Waals surface area contributed by atoms with Crippen LogP contribution in [0.15, 0.2) is 12.1 Å². The Morgan fingerprint density at radius 1 is 1.36 bits per heavy atom. The summed E-state index contributed by atoms with van der Waals surface area (Å²) >= 11 is 0. The summed E-state index contributed by atoms with van der Waals surface area (Å²) in [6.45, 7) is 1.91. The number of allylic oxidation sites excluding steroid dienone is 1. The van der Waals surface area contributed by atoms with Crippen molar-refractivity contribution in [3.8, 4) is 0 Å². The maximum absolute atomic E-state index is 5.59. The standard InChI is InChI=1S/C11H14N2O/c1-2-7-14-11(5-1)10-8-9-4-3-6-13(9)12-10/h5,8H,1-4,6-7H2. The van der Waals surface area contributed by atoms with Gasteiger partial charge in [-0.3, -0.25) is 4.68 Å². The number of nitrogens with zero attached hydrogens (tertiary/aromatic N) is 2. The summed E-state index contributed by atoms with van der Waals surface area (Å²) in [5, 5.41) is 4.54. The molecule has 0 amide bonds. The molecule has 3 nitrogen and oxygen atoms in total. The molecule has 3 heterocycles. The molecule has 0 atom stereocenters. The van der Waals surface area contributed by atoms with Gasteiger partial charge in [0.1, 0.15) is 11.5 Å². The second-order valence-corrected chi connectivity index (χ2v) is 3.91. The van der Waals surface area contributed by atoms with Crippen LogP contribution < -0.4 is 0 Å². The predicted molar refractivity (Wildman–Crippen MR) is 53.7 cm³/mol. The van der Waals surface area contributed by atoms with E-state index in [9.17, 15) is 0 Å². The Morgan fingerprint density at radius 2 is 2.36 bits per heavy atom. The molecule has 1 aromatic rings. The van der Waals surface area contributed by atoms with Gasteiger partial charge in [-0.25, -0.2) is 0 Å². The molecule has 74 valence electrons. The van der Waals surface area contributed by atoms with E-state index in [0.717, 1.165) is 37.4 Å². The van der Waals surface area contributed by atoms with Crippen LogP contribution in [0.3, 0.4) is 0 Å². The predicted octanol–water partition coefficient (Wildman–Crippen LogP) is 1.98. The second kappa shape index (κ2) is 3.15. The van der Waals surface area contributed by atoms with Crippen molar-refractivity contribution in [3.05, 3.63) is 23.5 Å². The summed E-state index contributed by atoms with van der Waals surface area (Å²) in [5.74, 6) is 0.984. The number of hydrogen-bond donors (Lipinski definition) is 0. The maximum atomic E-state index is 5.59. The van der Waals surface area contributed by atoms with Gasteiger partial charge in [-0.1, -0.05) is 0 Å². The third-order valence-electron chi connectivity index (χ3n) is 2.85. The van der Waals surface area contributed by atoms with E-state index in [1.165, 1.54) is 18.5 Å². The van der Waals surface area contributed by atoms with Crippen molar-refractivity contribution in [2.75, 3.05) is 6.61 Å². The van der Waals surface area contributed by atoms with Crippen LogP contribution in [0.25, 0.3) is 5.76 Å². The summed E-state index contributed by atoms with van der Waals surface area (Å²) in [6, 6.07) is 2.17. The van der Waals surface area contributed by atoms with Gasteiger partial charge in [-0.15, -0.1) is 0 Å². The van der Waals surface area contributed by atoms with Gasteiger partial charge in [0.05, 0.1) is 6.61 Å². The lowest BCUT2D eigenvalue weighted by atomic mass is 10.2. The lowest BCUT2D eigenvalue weighted by molar-refractivity contribution is 0.257. The van der Waals surface area contributed by atoms with Crippen molar-refractivity contribution >= 4 is 5.76 Å². The van der Waals surface area contributed by atoms with Gasteiger partial charge < -0.3 is 4.74 Å². The van der Waals surface area contributed by atoms with Crippen molar-refractivity contribution < 1.29 is 4.74 Å². The van der Waals surface area contributed by atoms with Crippen LogP contribution in [-0.4, -0.2) is 16.4 Å². The average Bonchev–Trinajstić information content (AvgIpc) is 2.78. The Labute approximate surface area is 83.4 Å². The van der Waals surface area contributed by atoms with Gasteiger partial charge in [0.15, 0.2) is 0 Å². The van der Waals surface area contributed by atoms with E-state index in [1.807, 2.05) is 0 Å².